The lowest BCUT2D eigenvalue weighted by Crippen LogP contribution is -2.11. The van der Waals surface area contributed by atoms with Crippen LogP contribution in [-0.2, 0) is 6.54 Å². The van der Waals surface area contributed by atoms with Crippen LogP contribution in [0.4, 0.5) is 0 Å². The first-order valence-corrected chi connectivity index (χ1v) is 7.18. The molecule has 0 unspecified atom stereocenters. The minimum absolute atomic E-state index is 0.833. The Morgan fingerprint density at radius 2 is 1.86 bits per heavy atom. The molecule has 1 aromatic heterocycles. The molecule has 0 bridgehead atoms. The van der Waals surface area contributed by atoms with Gasteiger partial charge in [0.1, 0.15) is 11.5 Å². The Morgan fingerprint density at radius 3 is 2.67 bits per heavy atom. The topological polar surface area (TPSA) is 34.1 Å². The summed E-state index contributed by atoms with van der Waals surface area (Å²) in [6.45, 7) is 3.96. The smallest absolute Gasteiger partial charge is 0.136 e. The summed E-state index contributed by atoms with van der Waals surface area (Å²) in [6, 6.07) is 18.0. The van der Waals surface area contributed by atoms with Crippen LogP contribution >= 0.6 is 0 Å². The molecule has 1 heterocycles. The number of nitrogens with one attached hydrogen (secondary N) is 1. The Morgan fingerprint density at radius 1 is 1.00 bits per heavy atom. The normalized spacial score (nSPS) is 10.7. The molecule has 2 aromatic carbocycles. The molecule has 0 aliphatic carbocycles. The van der Waals surface area contributed by atoms with Crippen molar-refractivity contribution in [3.63, 3.8) is 0 Å². The van der Waals surface area contributed by atoms with Crippen molar-refractivity contribution in [2.45, 2.75) is 13.5 Å². The molecule has 0 saturated heterocycles. The maximum atomic E-state index is 5.99. The molecule has 0 amide bonds. The van der Waals surface area contributed by atoms with Gasteiger partial charge in [0.25, 0.3) is 0 Å². The molecule has 0 fully saturated rings. The van der Waals surface area contributed by atoms with Crippen LogP contribution in [0.2, 0.25) is 0 Å². The molecule has 3 heteroatoms. The zero-order chi connectivity index (χ0) is 14.5. The van der Waals surface area contributed by atoms with E-state index in [1.807, 2.05) is 42.5 Å². The lowest BCUT2D eigenvalue weighted by atomic mass is 10.2. The van der Waals surface area contributed by atoms with Crippen molar-refractivity contribution in [1.29, 1.82) is 0 Å². The minimum atomic E-state index is 0.833. The summed E-state index contributed by atoms with van der Waals surface area (Å²) in [5.74, 6) is 1.67. The second-order valence-electron chi connectivity index (χ2n) is 4.85. The van der Waals surface area contributed by atoms with E-state index in [0.717, 1.165) is 35.5 Å². The molecule has 0 saturated carbocycles. The molecule has 0 aliphatic heterocycles. The lowest BCUT2D eigenvalue weighted by molar-refractivity contribution is 0.488. The summed E-state index contributed by atoms with van der Waals surface area (Å²) in [5.41, 5.74) is 2.20. The zero-order valence-corrected chi connectivity index (χ0v) is 12.0. The molecule has 0 aliphatic rings. The number of fused-ring (bicyclic) bond motifs is 1. The molecule has 3 nitrogen and oxygen atoms in total. The Bertz CT molecular complexity index is 717. The molecule has 0 spiro atoms. The fraction of sp³-hybridized carbons (Fsp3) is 0.167. The van der Waals surface area contributed by atoms with E-state index in [-0.39, 0.29) is 0 Å². The summed E-state index contributed by atoms with van der Waals surface area (Å²) >= 11 is 0. The summed E-state index contributed by atoms with van der Waals surface area (Å²) in [5, 5.41) is 4.33. The van der Waals surface area contributed by atoms with Gasteiger partial charge in [-0.2, -0.15) is 0 Å². The van der Waals surface area contributed by atoms with Crippen LogP contribution in [0.3, 0.4) is 0 Å². The predicted octanol–water partition coefficient (Wildman–Crippen LogP) is 4.14. The average molecular weight is 278 g/mol. The van der Waals surface area contributed by atoms with E-state index < -0.39 is 0 Å². The highest BCUT2D eigenvalue weighted by Gasteiger charge is 2.03. The van der Waals surface area contributed by atoms with Crippen LogP contribution in [-0.4, -0.2) is 11.5 Å². The quantitative estimate of drug-likeness (QED) is 0.761. The molecule has 3 rings (SSSR count). The summed E-state index contributed by atoms with van der Waals surface area (Å²) in [6.07, 6.45) is 1.79. The number of pyridine rings is 1. The van der Waals surface area contributed by atoms with Crippen molar-refractivity contribution in [3.05, 3.63) is 66.4 Å². The third kappa shape index (κ3) is 3.20. The van der Waals surface area contributed by atoms with Crippen LogP contribution in [0, 0.1) is 0 Å². The van der Waals surface area contributed by atoms with Crippen molar-refractivity contribution in [2.75, 3.05) is 6.54 Å². The number of aromatic nitrogens is 1. The zero-order valence-electron chi connectivity index (χ0n) is 12.0. The number of rotatable bonds is 5. The van der Waals surface area contributed by atoms with Gasteiger partial charge >= 0.3 is 0 Å². The number of hydrogen-bond donors (Lipinski definition) is 1. The summed E-state index contributed by atoms with van der Waals surface area (Å²) < 4.78 is 5.99. The van der Waals surface area contributed by atoms with Crippen LogP contribution in [0.25, 0.3) is 10.9 Å². The van der Waals surface area contributed by atoms with Crippen molar-refractivity contribution < 1.29 is 4.74 Å². The molecule has 0 atom stereocenters. The van der Waals surface area contributed by atoms with E-state index in [4.69, 9.17) is 4.74 Å². The van der Waals surface area contributed by atoms with Crippen LogP contribution in [0.5, 0.6) is 11.5 Å². The van der Waals surface area contributed by atoms with E-state index in [1.165, 1.54) is 5.56 Å². The van der Waals surface area contributed by atoms with Crippen molar-refractivity contribution in [1.82, 2.24) is 10.3 Å². The van der Waals surface area contributed by atoms with Crippen LogP contribution in [0.1, 0.15) is 12.5 Å². The van der Waals surface area contributed by atoms with Crippen LogP contribution in [0.15, 0.2) is 60.8 Å². The molecule has 106 valence electrons. The maximum Gasteiger partial charge on any atom is 0.136 e. The predicted molar refractivity (Wildman–Crippen MR) is 85.6 cm³/mol. The van der Waals surface area contributed by atoms with Gasteiger partial charge in [-0.05, 0) is 48.5 Å². The fourth-order valence-electron chi connectivity index (χ4n) is 2.24. The van der Waals surface area contributed by atoms with Gasteiger partial charge < -0.3 is 10.1 Å². The molecule has 0 radical (unpaired) electrons. The number of nitrogens with zero attached hydrogens (tertiary/aromatic N) is 1. The first-order chi connectivity index (χ1) is 10.4. The van der Waals surface area contributed by atoms with Gasteiger partial charge in [-0.3, -0.25) is 4.98 Å². The average Bonchev–Trinajstić information content (AvgIpc) is 2.55. The van der Waals surface area contributed by atoms with Crippen molar-refractivity contribution in [2.24, 2.45) is 0 Å². The highest BCUT2D eigenvalue weighted by Crippen LogP contribution is 2.28. The van der Waals surface area contributed by atoms with Crippen molar-refractivity contribution in [3.8, 4) is 11.5 Å². The molecule has 1 N–H and O–H groups in total. The highest BCUT2D eigenvalue weighted by atomic mass is 16.5. The Hall–Kier alpha value is -2.39. The van der Waals surface area contributed by atoms with Gasteiger partial charge in [-0.15, -0.1) is 0 Å². The number of benzene rings is 2. The van der Waals surface area contributed by atoms with Gasteiger partial charge in [0.2, 0.25) is 0 Å². The molecular weight excluding hydrogens is 260 g/mol. The lowest BCUT2D eigenvalue weighted by Gasteiger charge is -2.09. The van der Waals surface area contributed by atoms with Gasteiger partial charge in [0.05, 0.1) is 5.52 Å². The van der Waals surface area contributed by atoms with E-state index in [1.54, 1.807) is 6.20 Å². The highest BCUT2D eigenvalue weighted by molar-refractivity contribution is 5.85. The Kier molecular flexibility index (Phi) is 4.12. The fourth-order valence-corrected chi connectivity index (χ4v) is 2.24. The minimum Gasteiger partial charge on any atom is -0.457 e. The van der Waals surface area contributed by atoms with E-state index >= 15 is 0 Å². The van der Waals surface area contributed by atoms with Gasteiger partial charge in [0.15, 0.2) is 0 Å². The SMILES string of the molecule is CCNCc1ccc(Oc2cccc3ncccc23)cc1. The Balaban J connectivity index is 1.82. The standard InChI is InChI=1S/C18H18N2O/c1-2-19-13-14-8-10-15(11-9-14)21-18-7-3-6-17-16(18)5-4-12-20-17/h3-12,19H,2,13H2,1H3. The van der Waals surface area contributed by atoms with E-state index in [2.05, 4.69) is 29.4 Å². The molecule has 21 heavy (non-hydrogen) atoms. The Labute approximate surface area is 124 Å². The third-order valence-corrected chi connectivity index (χ3v) is 3.34. The summed E-state index contributed by atoms with van der Waals surface area (Å²) in [4.78, 5) is 4.34. The third-order valence-electron chi connectivity index (χ3n) is 3.34. The monoisotopic (exact) mass is 278 g/mol. The second kappa shape index (κ2) is 6.37. The van der Waals surface area contributed by atoms with Crippen molar-refractivity contribution >= 4 is 10.9 Å². The number of hydrogen-bond acceptors (Lipinski definition) is 3. The van der Waals surface area contributed by atoms with E-state index in [0.29, 0.717) is 0 Å². The molecule has 3 aromatic rings. The van der Waals surface area contributed by atoms with Gasteiger partial charge in [-0.25, -0.2) is 0 Å². The van der Waals surface area contributed by atoms with Crippen LogP contribution < -0.4 is 10.1 Å². The number of ether oxygens (including phenoxy) is 1. The van der Waals surface area contributed by atoms with E-state index in [9.17, 15) is 0 Å². The first kappa shape index (κ1) is 13.6. The first-order valence-electron chi connectivity index (χ1n) is 7.18. The van der Waals surface area contributed by atoms with Gasteiger partial charge in [-0.1, -0.05) is 25.1 Å². The second-order valence-corrected chi connectivity index (χ2v) is 4.85. The maximum absolute atomic E-state index is 5.99. The summed E-state index contributed by atoms with van der Waals surface area (Å²) in [7, 11) is 0. The largest absolute Gasteiger partial charge is 0.457 e. The molecular formula is C18H18N2O. The van der Waals surface area contributed by atoms with Gasteiger partial charge in [0, 0.05) is 18.1 Å².